The van der Waals surface area contributed by atoms with E-state index in [0.717, 1.165) is 61.8 Å². The van der Waals surface area contributed by atoms with Gasteiger partial charge in [-0.05, 0) is 116 Å². The van der Waals surface area contributed by atoms with Gasteiger partial charge in [-0.1, -0.05) is 56.0 Å². The maximum atomic E-state index is 14.3. The Balaban J connectivity index is 0.851. The number of amides is 7. The Labute approximate surface area is 460 Å². The molecule has 0 bridgehead atoms. The molecule has 2 saturated heterocycles. The predicted octanol–water partition coefficient (Wildman–Crippen LogP) is 6.17. The van der Waals surface area contributed by atoms with Crippen molar-refractivity contribution in [3.63, 3.8) is 0 Å². The molecular weight excluding hydrogens is 1020 g/mol. The van der Waals surface area contributed by atoms with Crippen molar-refractivity contribution in [3.8, 4) is 34.5 Å². The highest BCUT2D eigenvalue weighted by molar-refractivity contribution is 6.24. The third-order valence-corrected chi connectivity index (χ3v) is 14.3. The molecule has 2 fully saturated rings. The first kappa shape index (κ1) is 58.5. The number of nitrogens with one attached hydrogen (secondary N) is 3. The van der Waals surface area contributed by atoms with E-state index in [1.54, 1.807) is 61.6 Å². The lowest BCUT2D eigenvalue weighted by Gasteiger charge is -2.35. The number of imide groups is 2. The number of ether oxygens (including phenoxy) is 7. The minimum atomic E-state index is -1.09. The van der Waals surface area contributed by atoms with Crippen LogP contribution in [-0.4, -0.2) is 131 Å². The van der Waals surface area contributed by atoms with Crippen LogP contribution in [0.1, 0.15) is 126 Å². The van der Waals surface area contributed by atoms with Gasteiger partial charge in [0, 0.05) is 26.1 Å². The summed E-state index contributed by atoms with van der Waals surface area (Å²) in [5, 5.41) is 7.99. The number of methoxy groups -OCH3 is 5. The summed E-state index contributed by atoms with van der Waals surface area (Å²) < 4.78 is 39.8. The number of hydrogen-bond donors (Lipinski definition) is 3. The van der Waals surface area contributed by atoms with Crippen LogP contribution in [0.4, 0.5) is 0 Å². The molecule has 4 aromatic carbocycles. The molecule has 422 valence electrons. The van der Waals surface area contributed by atoms with Gasteiger partial charge in [0.25, 0.3) is 17.7 Å². The van der Waals surface area contributed by atoms with Gasteiger partial charge in [0.2, 0.25) is 29.4 Å². The predicted molar refractivity (Wildman–Crippen MR) is 288 cm³/mol. The van der Waals surface area contributed by atoms with Crippen molar-refractivity contribution in [2.45, 2.75) is 114 Å². The number of carbonyl (C=O) groups excluding carboxylic acids is 8. The second-order valence-corrected chi connectivity index (χ2v) is 19.6. The highest BCUT2D eigenvalue weighted by atomic mass is 16.5. The van der Waals surface area contributed by atoms with Crippen molar-refractivity contribution in [1.82, 2.24) is 25.8 Å². The van der Waals surface area contributed by atoms with Crippen LogP contribution in [0.25, 0.3) is 0 Å². The van der Waals surface area contributed by atoms with Crippen molar-refractivity contribution in [1.29, 1.82) is 0 Å². The molecule has 7 amide bonds. The second-order valence-electron chi connectivity index (χ2n) is 19.6. The van der Waals surface area contributed by atoms with Gasteiger partial charge in [-0.25, -0.2) is 4.79 Å². The summed E-state index contributed by atoms with van der Waals surface area (Å²) in [7, 11) is 7.66. The first-order chi connectivity index (χ1) is 38.3. The fraction of sp³-hybridized carbons (Fsp3) is 0.458. The summed E-state index contributed by atoms with van der Waals surface area (Å²) in [5.74, 6) is -0.918. The topological polar surface area (TPSA) is 244 Å². The lowest BCUT2D eigenvalue weighted by Crippen LogP contribution is -2.54. The number of esters is 1. The van der Waals surface area contributed by atoms with Gasteiger partial charge < -0.3 is 48.7 Å². The molecule has 20 heteroatoms. The molecule has 3 N–H and O–H groups in total. The smallest absolute Gasteiger partial charge is 0.329 e. The molecule has 2 unspecified atom stereocenters. The first-order valence-corrected chi connectivity index (χ1v) is 26.9. The molecule has 0 saturated carbocycles. The molecule has 3 heterocycles. The van der Waals surface area contributed by atoms with E-state index in [-0.39, 0.29) is 61.1 Å². The highest BCUT2D eigenvalue weighted by Gasteiger charge is 2.45. The zero-order chi connectivity index (χ0) is 56.4. The Morgan fingerprint density at radius 2 is 1.34 bits per heavy atom. The van der Waals surface area contributed by atoms with E-state index in [1.165, 1.54) is 27.4 Å². The minimum absolute atomic E-state index is 0.000605. The average molecular weight is 1090 g/mol. The van der Waals surface area contributed by atoms with Crippen molar-refractivity contribution in [2.75, 3.05) is 61.8 Å². The Bertz CT molecular complexity index is 2850. The zero-order valence-corrected chi connectivity index (χ0v) is 45.6. The summed E-state index contributed by atoms with van der Waals surface area (Å²) in [4.78, 5) is 107. The Kier molecular flexibility index (Phi) is 21.1. The monoisotopic (exact) mass is 1090 g/mol. The van der Waals surface area contributed by atoms with Crippen molar-refractivity contribution in [2.24, 2.45) is 0 Å². The third-order valence-electron chi connectivity index (χ3n) is 14.3. The Hall–Kier alpha value is -8.16. The van der Waals surface area contributed by atoms with E-state index in [1.807, 2.05) is 24.3 Å². The summed E-state index contributed by atoms with van der Waals surface area (Å²) in [6, 6.07) is 19.0. The summed E-state index contributed by atoms with van der Waals surface area (Å²) in [6.45, 7) is 1.08. The van der Waals surface area contributed by atoms with Gasteiger partial charge in [0.15, 0.2) is 29.6 Å². The van der Waals surface area contributed by atoms with Crippen LogP contribution < -0.4 is 44.4 Å². The number of hydrogen-bond acceptors (Lipinski definition) is 15. The summed E-state index contributed by atoms with van der Waals surface area (Å²) in [5.41, 5.74) is 2.87. The van der Waals surface area contributed by atoms with Crippen molar-refractivity contribution < 1.29 is 71.5 Å². The normalized spacial score (nSPS) is 16.3. The molecule has 0 radical (unpaired) electrons. The van der Waals surface area contributed by atoms with Gasteiger partial charge in [-0.15, -0.1) is 0 Å². The van der Waals surface area contributed by atoms with Crippen LogP contribution in [0, 0.1) is 0 Å². The molecule has 3 aliphatic rings. The summed E-state index contributed by atoms with van der Waals surface area (Å²) >= 11 is 0. The standard InChI is InChI=1S/C59H71N5O15/c1-73-46-25-22-37(30-47(46)74-2)21-24-45(79-59(72)44-20-10-13-29-63(44)53(68)33-38-31-48(75-3)55(77-5)49(32-38)76-4)39-16-14-18-41(34-39)78-36-52(67)61-28-12-9-7-6-8-11-27-60-51(66)35-40-17-15-19-42-54(40)58(71)64(57(42)70)43-23-26-50(65)62-56(43)69/h14-19,22,25,30-32,34,43-45H,6-13,20-21,23-24,26-29,33,35-36H2,1-5H3,(H,60,66)(H,61,67)(H,62,65,69)/t43?,44-,45?/m0/s1. The lowest BCUT2D eigenvalue weighted by atomic mass is 9.99. The number of unbranched alkanes of at least 4 members (excludes halogenated alkanes) is 5. The SMILES string of the molecule is COc1ccc(CCC(OC(=O)[C@@H]2CCCCN2C(=O)Cc2cc(OC)c(OC)c(OC)c2)c2cccc(OCC(=O)NCCCCCCCCNC(=O)Cc3cccc4c3C(=O)N(C3CCC(=O)NC3=O)C4=O)c2)cc1OC. The maximum absolute atomic E-state index is 14.3. The number of nitrogens with zero attached hydrogens (tertiary/aromatic N) is 2. The molecule has 3 aliphatic heterocycles. The van der Waals surface area contributed by atoms with Crippen LogP contribution in [0.15, 0.2) is 72.8 Å². The Morgan fingerprint density at radius 3 is 2.03 bits per heavy atom. The number of aryl methyl sites for hydroxylation is 1. The molecule has 4 aromatic rings. The van der Waals surface area contributed by atoms with E-state index in [4.69, 9.17) is 33.2 Å². The molecule has 79 heavy (non-hydrogen) atoms. The van der Waals surface area contributed by atoms with Crippen LogP contribution in [-0.2, 0) is 52.8 Å². The van der Waals surface area contributed by atoms with E-state index >= 15 is 0 Å². The second kappa shape index (κ2) is 28.5. The number of piperidine rings is 2. The van der Waals surface area contributed by atoms with E-state index in [9.17, 15) is 38.4 Å². The van der Waals surface area contributed by atoms with E-state index in [0.29, 0.717) is 90.1 Å². The maximum Gasteiger partial charge on any atom is 0.329 e. The van der Waals surface area contributed by atoms with Gasteiger partial charge in [-0.3, -0.25) is 43.8 Å². The van der Waals surface area contributed by atoms with E-state index < -0.39 is 47.8 Å². The molecule has 7 rings (SSSR count). The number of likely N-dealkylation sites (tertiary alicyclic amines) is 1. The van der Waals surface area contributed by atoms with Crippen LogP contribution >= 0.6 is 0 Å². The molecular formula is C59H71N5O15. The Morgan fingerprint density at radius 1 is 0.671 bits per heavy atom. The van der Waals surface area contributed by atoms with E-state index in [2.05, 4.69) is 16.0 Å². The first-order valence-electron chi connectivity index (χ1n) is 26.9. The third kappa shape index (κ3) is 15.1. The highest BCUT2D eigenvalue weighted by Crippen LogP contribution is 2.39. The largest absolute Gasteiger partial charge is 0.493 e. The zero-order valence-electron chi connectivity index (χ0n) is 45.6. The molecule has 0 aromatic heterocycles. The minimum Gasteiger partial charge on any atom is -0.493 e. The van der Waals surface area contributed by atoms with Crippen molar-refractivity contribution >= 4 is 47.3 Å². The van der Waals surface area contributed by atoms with Gasteiger partial charge in [0.05, 0.1) is 59.5 Å². The van der Waals surface area contributed by atoms with Gasteiger partial charge in [0.1, 0.15) is 23.9 Å². The van der Waals surface area contributed by atoms with Crippen LogP contribution in [0.2, 0.25) is 0 Å². The fourth-order valence-corrected chi connectivity index (χ4v) is 10.2. The van der Waals surface area contributed by atoms with Crippen LogP contribution in [0.3, 0.4) is 0 Å². The molecule has 0 spiro atoms. The average Bonchev–Trinajstić information content (AvgIpc) is 4.01. The lowest BCUT2D eigenvalue weighted by molar-refractivity contribution is -0.162. The number of fused-ring (bicyclic) bond motifs is 1. The fourth-order valence-electron chi connectivity index (χ4n) is 10.2. The number of rotatable bonds is 28. The van der Waals surface area contributed by atoms with Gasteiger partial charge in [-0.2, -0.15) is 0 Å². The molecule has 20 nitrogen and oxygen atoms in total. The number of benzene rings is 4. The quantitative estimate of drug-likeness (QED) is 0.0327. The molecule has 0 aliphatic carbocycles. The van der Waals surface area contributed by atoms with Gasteiger partial charge >= 0.3 is 5.97 Å². The van der Waals surface area contributed by atoms with Crippen LogP contribution in [0.5, 0.6) is 34.5 Å². The molecule has 3 atom stereocenters. The van der Waals surface area contributed by atoms with Crippen molar-refractivity contribution in [3.05, 3.63) is 106 Å². The summed E-state index contributed by atoms with van der Waals surface area (Å²) in [6.07, 6.45) is 7.17. The number of carbonyl (C=O) groups is 8.